The second-order valence-corrected chi connectivity index (χ2v) is 4.31. The molecule has 0 atom stereocenters. The molecule has 0 aliphatic carbocycles. The number of hydrogen-bond acceptors (Lipinski definition) is 3. The van der Waals surface area contributed by atoms with Gasteiger partial charge in [-0.05, 0) is 41.9 Å². The molecular formula is C14H9ClFNO4. The Balaban J connectivity index is 2.21. The molecule has 2 aromatic rings. The fourth-order valence-electron chi connectivity index (χ4n) is 1.56. The van der Waals surface area contributed by atoms with Crippen molar-refractivity contribution < 1.29 is 23.5 Å². The summed E-state index contributed by atoms with van der Waals surface area (Å²) >= 11 is 5.68. The van der Waals surface area contributed by atoms with Crippen LogP contribution in [-0.4, -0.2) is 17.0 Å². The lowest BCUT2D eigenvalue weighted by molar-refractivity contribution is -0.131. The van der Waals surface area contributed by atoms with Gasteiger partial charge in [0, 0.05) is 17.3 Å². The molecule has 2 N–H and O–H groups in total. The quantitative estimate of drug-likeness (QED) is 0.848. The number of rotatable bonds is 4. The molecule has 1 aromatic carbocycles. The van der Waals surface area contributed by atoms with Crippen LogP contribution < -0.4 is 5.32 Å². The summed E-state index contributed by atoms with van der Waals surface area (Å²) in [5, 5.41) is 11.0. The van der Waals surface area contributed by atoms with E-state index in [0.29, 0.717) is 5.69 Å². The number of hydrogen-bond donors (Lipinski definition) is 2. The lowest BCUT2D eigenvalue weighted by Crippen LogP contribution is -2.11. The van der Waals surface area contributed by atoms with Crippen molar-refractivity contribution in [3.05, 3.63) is 58.8 Å². The fraction of sp³-hybridized carbons (Fsp3) is 0. The van der Waals surface area contributed by atoms with Crippen LogP contribution in [0.1, 0.15) is 15.9 Å². The van der Waals surface area contributed by atoms with Crippen LogP contribution in [0.4, 0.5) is 10.1 Å². The van der Waals surface area contributed by atoms with Crippen molar-refractivity contribution in [3.8, 4) is 0 Å². The van der Waals surface area contributed by atoms with Gasteiger partial charge in [0.2, 0.25) is 5.22 Å². The van der Waals surface area contributed by atoms with E-state index in [1.54, 1.807) is 0 Å². The van der Waals surface area contributed by atoms with Gasteiger partial charge in [0.1, 0.15) is 5.82 Å². The molecule has 0 aliphatic rings. The van der Waals surface area contributed by atoms with Gasteiger partial charge in [0.15, 0.2) is 0 Å². The average Bonchev–Trinajstić information content (AvgIpc) is 2.85. The molecule has 0 saturated carbocycles. The zero-order valence-electron chi connectivity index (χ0n) is 10.5. The first-order valence-electron chi connectivity index (χ1n) is 5.72. The largest absolute Gasteiger partial charge is 0.478 e. The van der Waals surface area contributed by atoms with Gasteiger partial charge < -0.3 is 14.8 Å². The van der Waals surface area contributed by atoms with E-state index in [1.165, 1.54) is 24.5 Å². The highest BCUT2D eigenvalue weighted by molar-refractivity contribution is 6.32. The first-order chi connectivity index (χ1) is 9.97. The molecule has 2 rings (SSSR count). The second-order valence-electron chi connectivity index (χ2n) is 3.97. The summed E-state index contributed by atoms with van der Waals surface area (Å²) < 4.78 is 18.3. The van der Waals surface area contributed by atoms with Gasteiger partial charge in [-0.2, -0.15) is 0 Å². The van der Waals surface area contributed by atoms with Gasteiger partial charge in [-0.3, -0.25) is 4.79 Å². The van der Waals surface area contributed by atoms with Gasteiger partial charge in [-0.25, -0.2) is 9.18 Å². The predicted molar refractivity (Wildman–Crippen MR) is 74.7 cm³/mol. The second kappa shape index (κ2) is 6.23. The average molecular weight is 310 g/mol. The van der Waals surface area contributed by atoms with E-state index in [9.17, 15) is 14.0 Å². The van der Waals surface area contributed by atoms with Gasteiger partial charge in [0.05, 0.1) is 11.8 Å². The van der Waals surface area contributed by atoms with Crippen LogP contribution in [0.2, 0.25) is 5.22 Å². The van der Waals surface area contributed by atoms with Crippen molar-refractivity contribution in [2.24, 2.45) is 0 Å². The normalized spacial score (nSPS) is 10.8. The van der Waals surface area contributed by atoms with Crippen molar-refractivity contribution in [2.75, 3.05) is 5.32 Å². The molecule has 5 nitrogen and oxygen atoms in total. The Labute approximate surface area is 123 Å². The number of carbonyl (C=O) groups is 2. The smallest absolute Gasteiger partial charge is 0.328 e. The Morgan fingerprint density at radius 3 is 2.71 bits per heavy atom. The standard InChI is InChI=1S/C14H9ClFNO4/c15-13-10(5-6-21-13)14(20)17-9-2-3-11(16)8(7-9)1-4-12(18)19/h1-7H,(H,17,20)(H,18,19)/b4-1+. The number of amides is 1. The number of nitrogens with one attached hydrogen (secondary N) is 1. The van der Waals surface area contributed by atoms with Gasteiger partial charge in [-0.1, -0.05) is 0 Å². The van der Waals surface area contributed by atoms with Crippen molar-refractivity contribution in [3.63, 3.8) is 0 Å². The maximum Gasteiger partial charge on any atom is 0.328 e. The molecule has 7 heteroatoms. The van der Waals surface area contributed by atoms with Gasteiger partial charge in [0.25, 0.3) is 5.91 Å². The zero-order chi connectivity index (χ0) is 15.4. The Kier molecular flexibility index (Phi) is 4.39. The molecule has 0 saturated heterocycles. The molecule has 1 amide bonds. The minimum Gasteiger partial charge on any atom is -0.478 e. The van der Waals surface area contributed by atoms with E-state index in [2.05, 4.69) is 5.32 Å². The maximum absolute atomic E-state index is 13.5. The molecule has 0 radical (unpaired) electrons. The topological polar surface area (TPSA) is 79.5 Å². The molecular weight excluding hydrogens is 301 g/mol. The number of furan rings is 1. The Bertz CT molecular complexity index is 724. The number of carboxylic acids is 1. The van der Waals surface area contributed by atoms with Crippen LogP contribution in [0.15, 0.2) is 41.0 Å². The van der Waals surface area contributed by atoms with E-state index < -0.39 is 17.7 Å². The number of carbonyl (C=O) groups excluding carboxylic acids is 1. The number of benzene rings is 1. The Morgan fingerprint density at radius 2 is 2.10 bits per heavy atom. The van der Waals surface area contributed by atoms with E-state index in [-0.39, 0.29) is 16.3 Å². The van der Waals surface area contributed by atoms with Crippen molar-refractivity contribution in [2.45, 2.75) is 0 Å². The van der Waals surface area contributed by atoms with Crippen LogP contribution >= 0.6 is 11.6 Å². The van der Waals surface area contributed by atoms with Crippen LogP contribution in [0.25, 0.3) is 6.08 Å². The summed E-state index contributed by atoms with van der Waals surface area (Å²) in [5.41, 5.74) is 0.473. The molecule has 0 fully saturated rings. The molecule has 21 heavy (non-hydrogen) atoms. The van der Waals surface area contributed by atoms with E-state index >= 15 is 0 Å². The van der Waals surface area contributed by atoms with Crippen molar-refractivity contribution >= 4 is 35.2 Å². The monoisotopic (exact) mass is 309 g/mol. The van der Waals surface area contributed by atoms with Crippen LogP contribution in [0, 0.1) is 5.82 Å². The van der Waals surface area contributed by atoms with Crippen molar-refractivity contribution in [1.29, 1.82) is 0 Å². The van der Waals surface area contributed by atoms with E-state index in [4.69, 9.17) is 21.1 Å². The first kappa shape index (κ1) is 14.8. The Morgan fingerprint density at radius 1 is 1.33 bits per heavy atom. The number of carboxylic acid groups (broad SMARTS) is 1. The molecule has 0 spiro atoms. The third-order valence-electron chi connectivity index (χ3n) is 2.52. The Hall–Kier alpha value is -2.60. The van der Waals surface area contributed by atoms with Crippen LogP contribution in [-0.2, 0) is 4.79 Å². The minimum atomic E-state index is -1.20. The zero-order valence-corrected chi connectivity index (χ0v) is 11.2. The highest BCUT2D eigenvalue weighted by atomic mass is 35.5. The third kappa shape index (κ3) is 3.70. The predicted octanol–water partition coefficient (Wildman–Crippen LogP) is 3.42. The minimum absolute atomic E-state index is 0.0356. The lowest BCUT2D eigenvalue weighted by Gasteiger charge is -2.05. The summed E-state index contributed by atoms with van der Waals surface area (Å²) in [6.45, 7) is 0. The van der Waals surface area contributed by atoms with Crippen LogP contribution in [0.3, 0.4) is 0 Å². The lowest BCUT2D eigenvalue weighted by atomic mass is 10.1. The molecule has 1 heterocycles. The highest BCUT2D eigenvalue weighted by Crippen LogP contribution is 2.20. The maximum atomic E-state index is 13.5. The molecule has 108 valence electrons. The molecule has 0 bridgehead atoms. The van der Waals surface area contributed by atoms with Gasteiger partial charge in [-0.15, -0.1) is 0 Å². The highest BCUT2D eigenvalue weighted by Gasteiger charge is 2.13. The van der Waals surface area contributed by atoms with Crippen LogP contribution in [0.5, 0.6) is 0 Å². The summed E-state index contributed by atoms with van der Waals surface area (Å²) in [7, 11) is 0. The molecule has 1 aromatic heterocycles. The summed E-state index contributed by atoms with van der Waals surface area (Å²) in [5.74, 6) is -2.32. The number of aliphatic carboxylic acids is 1. The van der Waals surface area contributed by atoms with Gasteiger partial charge >= 0.3 is 5.97 Å². The van der Waals surface area contributed by atoms with E-state index in [0.717, 1.165) is 18.2 Å². The number of halogens is 2. The number of anilines is 1. The van der Waals surface area contributed by atoms with Crippen molar-refractivity contribution in [1.82, 2.24) is 0 Å². The summed E-state index contributed by atoms with van der Waals surface area (Å²) in [6.07, 6.45) is 3.16. The molecule has 0 aliphatic heterocycles. The van der Waals surface area contributed by atoms with E-state index in [1.807, 2.05) is 0 Å². The summed E-state index contributed by atoms with van der Waals surface area (Å²) in [6, 6.07) is 5.17. The first-order valence-corrected chi connectivity index (χ1v) is 6.10. The third-order valence-corrected chi connectivity index (χ3v) is 2.81. The fourth-order valence-corrected chi connectivity index (χ4v) is 1.76. The SMILES string of the molecule is O=C(O)/C=C/c1cc(NC(=O)c2ccoc2Cl)ccc1F. The molecule has 0 unspecified atom stereocenters. The summed E-state index contributed by atoms with van der Waals surface area (Å²) in [4.78, 5) is 22.3.